The second kappa shape index (κ2) is 7.25. The smallest absolute Gasteiger partial charge is 0.323 e. The Morgan fingerprint density at radius 1 is 1.16 bits per heavy atom. The Hall–Kier alpha value is -2.24. The summed E-state index contributed by atoms with van der Waals surface area (Å²) < 4.78 is 5.29. The van der Waals surface area contributed by atoms with Gasteiger partial charge in [-0.2, -0.15) is 0 Å². The van der Waals surface area contributed by atoms with Crippen molar-refractivity contribution in [3.63, 3.8) is 0 Å². The van der Waals surface area contributed by atoms with Crippen molar-refractivity contribution in [3.05, 3.63) is 24.3 Å². The molecule has 0 saturated carbocycles. The molecule has 0 heterocycles. The molecule has 1 aromatic carbocycles. The molecule has 0 fully saturated rings. The van der Waals surface area contributed by atoms with Gasteiger partial charge in [0.05, 0.1) is 13.0 Å². The first-order valence-corrected chi connectivity index (χ1v) is 5.94. The third kappa shape index (κ3) is 5.29. The molecule has 0 atom stereocenters. The first-order chi connectivity index (χ1) is 9.02. The normalized spacial score (nSPS) is 9.95. The van der Waals surface area contributed by atoms with Crippen molar-refractivity contribution in [1.29, 1.82) is 0 Å². The average Bonchev–Trinajstić information content (AvgIpc) is 2.35. The number of hydrogen-bond acceptors (Lipinski definition) is 4. The van der Waals surface area contributed by atoms with Crippen molar-refractivity contribution in [2.24, 2.45) is 0 Å². The molecular weight excluding hydrogens is 250 g/mol. The van der Waals surface area contributed by atoms with Gasteiger partial charge in [-0.25, -0.2) is 0 Å². The van der Waals surface area contributed by atoms with Crippen molar-refractivity contribution in [2.45, 2.75) is 13.3 Å². The van der Waals surface area contributed by atoms with Gasteiger partial charge in [-0.3, -0.25) is 9.59 Å². The van der Waals surface area contributed by atoms with Crippen LogP contribution in [0.1, 0.15) is 13.3 Å². The van der Waals surface area contributed by atoms with Gasteiger partial charge in [-0.1, -0.05) is 0 Å². The lowest BCUT2D eigenvalue weighted by Gasteiger charge is -2.22. The van der Waals surface area contributed by atoms with Crippen LogP contribution in [0.15, 0.2) is 24.3 Å². The average molecular weight is 267 g/mol. The summed E-state index contributed by atoms with van der Waals surface area (Å²) in [6.07, 6.45) is -0.111. The van der Waals surface area contributed by atoms with Gasteiger partial charge in [0.15, 0.2) is 0 Å². The predicted molar refractivity (Wildman–Crippen MR) is 69.7 cm³/mol. The van der Waals surface area contributed by atoms with E-state index in [1.165, 1.54) is 4.90 Å². The van der Waals surface area contributed by atoms with E-state index in [0.717, 1.165) is 0 Å². The molecule has 0 bridgehead atoms. The standard InChI is InChI=1S/C13H17NO5/c1-2-19-11-5-3-10(4-6-11)14(9-13(17)18)8-7-12(15)16/h3-6H,2,7-9H2,1H3,(H,15,16)(H,17,18). The molecule has 1 aromatic rings. The Morgan fingerprint density at radius 3 is 2.26 bits per heavy atom. The van der Waals surface area contributed by atoms with Crippen LogP contribution in [0.4, 0.5) is 5.69 Å². The molecule has 0 spiro atoms. The molecular formula is C13H17NO5. The molecule has 1 rings (SSSR count). The van der Waals surface area contributed by atoms with E-state index in [2.05, 4.69) is 0 Å². The first-order valence-electron chi connectivity index (χ1n) is 5.94. The fraction of sp³-hybridized carbons (Fsp3) is 0.385. The van der Waals surface area contributed by atoms with Gasteiger partial charge in [0.25, 0.3) is 0 Å². The van der Waals surface area contributed by atoms with Crippen LogP contribution in [0.2, 0.25) is 0 Å². The SMILES string of the molecule is CCOc1ccc(N(CCC(=O)O)CC(=O)O)cc1. The number of anilines is 1. The van der Waals surface area contributed by atoms with Crippen LogP contribution in [-0.4, -0.2) is 41.8 Å². The minimum absolute atomic E-state index is 0.111. The monoisotopic (exact) mass is 267 g/mol. The zero-order chi connectivity index (χ0) is 14.3. The Morgan fingerprint density at radius 2 is 1.79 bits per heavy atom. The number of carboxylic acids is 2. The van der Waals surface area contributed by atoms with Crippen molar-refractivity contribution in [3.8, 4) is 5.75 Å². The molecule has 6 nitrogen and oxygen atoms in total. The zero-order valence-electron chi connectivity index (χ0n) is 10.7. The third-order valence-corrected chi connectivity index (χ3v) is 2.43. The molecule has 0 aliphatic carbocycles. The number of nitrogens with zero attached hydrogens (tertiary/aromatic N) is 1. The van der Waals surface area contributed by atoms with Gasteiger partial charge < -0.3 is 19.8 Å². The summed E-state index contributed by atoms with van der Waals surface area (Å²) in [6.45, 7) is 2.34. The van der Waals surface area contributed by atoms with E-state index in [1.54, 1.807) is 24.3 Å². The quantitative estimate of drug-likeness (QED) is 0.741. The summed E-state index contributed by atoms with van der Waals surface area (Å²) in [4.78, 5) is 22.9. The lowest BCUT2D eigenvalue weighted by molar-refractivity contribution is -0.138. The van der Waals surface area contributed by atoms with Crippen molar-refractivity contribution < 1.29 is 24.5 Å². The van der Waals surface area contributed by atoms with Gasteiger partial charge in [-0.05, 0) is 31.2 Å². The molecule has 0 amide bonds. The summed E-state index contributed by atoms with van der Waals surface area (Å²) in [7, 11) is 0. The summed E-state index contributed by atoms with van der Waals surface area (Å²) in [5, 5.41) is 17.5. The Bertz CT molecular complexity index is 429. The molecule has 0 saturated heterocycles. The van der Waals surface area contributed by atoms with Crippen LogP contribution in [0.25, 0.3) is 0 Å². The molecule has 104 valence electrons. The van der Waals surface area contributed by atoms with Crippen molar-refractivity contribution >= 4 is 17.6 Å². The fourth-order valence-electron chi connectivity index (χ4n) is 1.61. The van der Waals surface area contributed by atoms with E-state index in [-0.39, 0.29) is 19.5 Å². The molecule has 0 aliphatic rings. The van der Waals surface area contributed by atoms with E-state index in [1.807, 2.05) is 6.92 Å². The maximum absolute atomic E-state index is 10.8. The van der Waals surface area contributed by atoms with Crippen LogP contribution in [-0.2, 0) is 9.59 Å². The lowest BCUT2D eigenvalue weighted by Crippen LogP contribution is -2.31. The van der Waals surface area contributed by atoms with Crippen LogP contribution < -0.4 is 9.64 Å². The van der Waals surface area contributed by atoms with E-state index >= 15 is 0 Å². The Balaban J connectivity index is 2.77. The minimum Gasteiger partial charge on any atom is -0.494 e. The number of benzene rings is 1. The molecule has 0 aromatic heterocycles. The molecule has 6 heteroatoms. The highest BCUT2D eigenvalue weighted by atomic mass is 16.5. The largest absolute Gasteiger partial charge is 0.494 e. The van der Waals surface area contributed by atoms with Crippen molar-refractivity contribution in [1.82, 2.24) is 0 Å². The number of ether oxygens (including phenoxy) is 1. The molecule has 2 N–H and O–H groups in total. The zero-order valence-corrected chi connectivity index (χ0v) is 10.7. The van der Waals surface area contributed by atoms with Crippen LogP contribution in [0.5, 0.6) is 5.75 Å². The van der Waals surface area contributed by atoms with Gasteiger partial charge in [-0.15, -0.1) is 0 Å². The number of carboxylic acid groups (broad SMARTS) is 2. The lowest BCUT2D eigenvalue weighted by atomic mass is 10.2. The van der Waals surface area contributed by atoms with Gasteiger partial charge in [0.2, 0.25) is 0 Å². The Kier molecular flexibility index (Phi) is 5.66. The fourth-order valence-corrected chi connectivity index (χ4v) is 1.61. The minimum atomic E-state index is -1.00. The molecule has 0 radical (unpaired) electrons. The van der Waals surface area contributed by atoms with Crippen LogP contribution in [0.3, 0.4) is 0 Å². The highest BCUT2D eigenvalue weighted by Gasteiger charge is 2.12. The summed E-state index contributed by atoms with van der Waals surface area (Å²) >= 11 is 0. The second-order valence-electron chi connectivity index (χ2n) is 3.89. The first kappa shape index (κ1) is 14.8. The van der Waals surface area contributed by atoms with Gasteiger partial charge in [0.1, 0.15) is 12.3 Å². The number of aliphatic carboxylic acids is 2. The van der Waals surface area contributed by atoms with E-state index < -0.39 is 11.9 Å². The number of hydrogen-bond donors (Lipinski definition) is 2. The summed E-state index contributed by atoms with van der Waals surface area (Å²) in [6, 6.07) is 6.90. The maximum atomic E-state index is 10.8. The van der Waals surface area contributed by atoms with Gasteiger partial charge >= 0.3 is 11.9 Å². The van der Waals surface area contributed by atoms with Crippen LogP contribution >= 0.6 is 0 Å². The third-order valence-electron chi connectivity index (χ3n) is 2.43. The summed E-state index contributed by atoms with van der Waals surface area (Å²) in [5.41, 5.74) is 0.659. The number of rotatable bonds is 8. The van der Waals surface area contributed by atoms with E-state index in [9.17, 15) is 9.59 Å². The van der Waals surface area contributed by atoms with E-state index in [0.29, 0.717) is 18.0 Å². The van der Waals surface area contributed by atoms with Crippen LogP contribution in [0, 0.1) is 0 Å². The highest BCUT2D eigenvalue weighted by molar-refractivity contribution is 5.74. The van der Waals surface area contributed by atoms with E-state index in [4.69, 9.17) is 14.9 Å². The van der Waals surface area contributed by atoms with Gasteiger partial charge in [0, 0.05) is 12.2 Å². The predicted octanol–water partition coefficient (Wildman–Crippen LogP) is 1.45. The van der Waals surface area contributed by atoms with Crippen molar-refractivity contribution in [2.75, 3.05) is 24.6 Å². The second-order valence-corrected chi connectivity index (χ2v) is 3.89. The highest BCUT2D eigenvalue weighted by Crippen LogP contribution is 2.19. The molecule has 0 aliphatic heterocycles. The maximum Gasteiger partial charge on any atom is 0.323 e. The summed E-state index contributed by atoms with van der Waals surface area (Å²) in [5.74, 6) is -1.26. The topological polar surface area (TPSA) is 87.1 Å². The molecule has 19 heavy (non-hydrogen) atoms. The Labute approximate surface area is 111 Å². The molecule has 0 unspecified atom stereocenters. The number of carbonyl (C=O) groups is 2.